The number of aryl methyl sites for hydroxylation is 1. The topological polar surface area (TPSA) is 44.4 Å². The number of nitrogens with one attached hydrogen (secondary N) is 2. The van der Waals surface area contributed by atoms with E-state index < -0.39 is 0 Å². The van der Waals surface area contributed by atoms with Crippen LogP contribution in [0.15, 0.2) is 24.3 Å². The number of nitrogens with zero attached hydrogens (tertiary/aromatic N) is 1. The predicted octanol–water partition coefficient (Wildman–Crippen LogP) is 2.26. The number of benzene rings is 1. The summed E-state index contributed by atoms with van der Waals surface area (Å²) in [6.07, 6.45) is 2.83. The molecule has 2 rings (SSSR count). The summed E-state index contributed by atoms with van der Waals surface area (Å²) in [5.74, 6) is 0.122. The van der Waals surface area contributed by atoms with Crippen molar-refractivity contribution in [2.45, 2.75) is 45.2 Å². The smallest absolute Gasteiger partial charge is 0.242 e. The maximum atomic E-state index is 12.2. The second kappa shape index (κ2) is 7.46. The fourth-order valence-corrected chi connectivity index (χ4v) is 2.56. The molecule has 0 aliphatic carbocycles. The Balaban J connectivity index is 1.73. The van der Waals surface area contributed by atoms with Crippen molar-refractivity contribution in [2.24, 2.45) is 0 Å². The van der Waals surface area contributed by atoms with Crippen LogP contribution in [0, 0.1) is 0 Å². The van der Waals surface area contributed by atoms with Crippen LogP contribution in [0.4, 0.5) is 5.69 Å². The fraction of sp³-hybridized carbons (Fsp3) is 0.588. The fourth-order valence-electron chi connectivity index (χ4n) is 2.56. The van der Waals surface area contributed by atoms with E-state index in [9.17, 15) is 4.79 Å². The summed E-state index contributed by atoms with van der Waals surface area (Å²) in [6, 6.07) is 8.69. The normalized spacial score (nSPS) is 17.5. The number of hydrogen-bond donors (Lipinski definition) is 2. The largest absolute Gasteiger partial charge is 0.373 e. The van der Waals surface area contributed by atoms with Crippen molar-refractivity contribution in [3.8, 4) is 0 Å². The average molecular weight is 289 g/mol. The van der Waals surface area contributed by atoms with Crippen LogP contribution in [0.5, 0.6) is 0 Å². The number of amides is 1. The van der Waals surface area contributed by atoms with Crippen molar-refractivity contribution >= 4 is 11.6 Å². The van der Waals surface area contributed by atoms with Crippen LogP contribution in [0.2, 0.25) is 0 Å². The molecule has 1 aromatic rings. The van der Waals surface area contributed by atoms with Crippen LogP contribution in [-0.4, -0.2) is 43.0 Å². The molecular weight excluding hydrogens is 262 g/mol. The van der Waals surface area contributed by atoms with Crippen LogP contribution >= 0.6 is 0 Å². The highest BCUT2D eigenvalue weighted by Crippen LogP contribution is 2.24. The second-order valence-corrected chi connectivity index (χ2v) is 6.11. The van der Waals surface area contributed by atoms with E-state index in [1.807, 2.05) is 18.2 Å². The zero-order valence-corrected chi connectivity index (χ0v) is 13.4. The lowest BCUT2D eigenvalue weighted by Crippen LogP contribution is -2.42. The van der Waals surface area contributed by atoms with Gasteiger partial charge < -0.3 is 15.5 Å². The number of carbonyl (C=O) groups is 1. The van der Waals surface area contributed by atoms with Crippen molar-refractivity contribution in [1.29, 1.82) is 0 Å². The highest BCUT2D eigenvalue weighted by molar-refractivity contribution is 5.85. The van der Waals surface area contributed by atoms with Gasteiger partial charge in [-0.05, 0) is 58.3 Å². The van der Waals surface area contributed by atoms with E-state index in [1.54, 1.807) is 0 Å². The number of rotatable bonds is 6. The van der Waals surface area contributed by atoms with E-state index in [-0.39, 0.29) is 11.9 Å². The van der Waals surface area contributed by atoms with Gasteiger partial charge in [0.05, 0.1) is 0 Å². The van der Waals surface area contributed by atoms with Crippen molar-refractivity contribution in [3.63, 3.8) is 0 Å². The molecule has 0 aromatic heterocycles. The number of carbonyl (C=O) groups excluding carboxylic acids is 1. The summed E-state index contributed by atoms with van der Waals surface area (Å²) in [6.45, 7) is 6.12. The molecule has 116 valence electrons. The molecule has 4 heteroatoms. The molecule has 1 unspecified atom stereocenters. The first-order chi connectivity index (χ1) is 10.1. The van der Waals surface area contributed by atoms with Gasteiger partial charge in [-0.3, -0.25) is 4.79 Å². The number of fused-ring (bicyclic) bond motifs is 1. The lowest BCUT2D eigenvalue weighted by Gasteiger charge is -2.26. The van der Waals surface area contributed by atoms with E-state index >= 15 is 0 Å². The Morgan fingerprint density at radius 1 is 1.43 bits per heavy atom. The summed E-state index contributed by atoms with van der Waals surface area (Å²) in [4.78, 5) is 14.5. The first-order valence-corrected chi connectivity index (χ1v) is 7.90. The van der Waals surface area contributed by atoms with Crippen LogP contribution in [0.25, 0.3) is 0 Å². The van der Waals surface area contributed by atoms with Crippen LogP contribution in [0.1, 0.15) is 32.3 Å². The molecule has 0 saturated heterocycles. The zero-order chi connectivity index (χ0) is 15.2. The summed E-state index contributed by atoms with van der Waals surface area (Å²) in [5.41, 5.74) is 2.41. The predicted molar refractivity (Wildman–Crippen MR) is 87.6 cm³/mol. The lowest BCUT2D eigenvalue weighted by molar-refractivity contribution is -0.122. The highest BCUT2D eigenvalue weighted by Gasteiger charge is 2.23. The molecule has 21 heavy (non-hydrogen) atoms. The SMILES string of the molecule is CC(C)N(C)CCCNC(=O)C1CCc2ccccc2N1. The van der Waals surface area contributed by atoms with Gasteiger partial charge in [0.1, 0.15) is 6.04 Å². The van der Waals surface area contributed by atoms with Gasteiger partial charge in [-0.1, -0.05) is 18.2 Å². The molecule has 1 atom stereocenters. The summed E-state index contributed by atoms with van der Waals surface area (Å²) >= 11 is 0. The van der Waals surface area contributed by atoms with E-state index in [2.05, 4.69) is 42.5 Å². The van der Waals surface area contributed by atoms with Gasteiger partial charge in [0.2, 0.25) is 5.91 Å². The van der Waals surface area contributed by atoms with Crippen LogP contribution in [0.3, 0.4) is 0 Å². The van der Waals surface area contributed by atoms with E-state index in [1.165, 1.54) is 5.56 Å². The third kappa shape index (κ3) is 4.46. The Morgan fingerprint density at radius 2 is 2.19 bits per heavy atom. The first-order valence-electron chi connectivity index (χ1n) is 7.90. The summed E-state index contributed by atoms with van der Waals surface area (Å²) in [7, 11) is 2.12. The molecule has 0 radical (unpaired) electrons. The summed E-state index contributed by atoms with van der Waals surface area (Å²) < 4.78 is 0. The molecule has 0 saturated carbocycles. The van der Waals surface area contributed by atoms with E-state index in [4.69, 9.17) is 0 Å². The molecular formula is C17H27N3O. The average Bonchev–Trinajstić information content (AvgIpc) is 2.50. The molecule has 0 bridgehead atoms. The van der Waals surface area contributed by atoms with E-state index in [0.29, 0.717) is 6.04 Å². The minimum Gasteiger partial charge on any atom is -0.373 e. The van der Waals surface area contributed by atoms with Crippen molar-refractivity contribution in [3.05, 3.63) is 29.8 Å². The molecule has 1 aliphatic heterocycles. The van der Waals surface area contributed by atoms with Gasteiger partial charge in [-0.25, -0.2) is 0 Å². The lowest BCUT2D eigenvalue weighted by atomic mass is 9.98. The molecule has 2 N–H and O–H groups in total. The van der Waals surface area contributed by atoms with Gasteiger partial charge in [0.25, 0.3) is 0 Å². The number of para-hydroxylation sites is 1. The standard InChI is InChI=1S/C17H27N3O/c1-13(2)20(3)12-6-11-18-17(21)16-10-9-14-7-4-5-8-15(14)19-16/h4-5,7-8,13,16,19H,6,9-12H2,1-3H3,(H,18,21). The Bertz CT molecular complexity index is 473. The third-order valence-corrected chi connectivity index (χ3v) is 4.23. The number of hydrogen-bond acceptors (Lipinski definition) is 3. The Morgan fingerprint density at radius 3 is 2.95 bits per heavy atom. The molecule has 1 aromatic carbocycles. The Kier molecular flexibility index (Phi) is 5.62. The van der Waals surface area contributed by atoms with Gasteiger partial charge in [0.15, 0.2) is 0 Å². The maximum Gasteiger partial charge on any atom is 0.242 e. The molecule has 1 amide bonds. The number of anilines is 1. The molecule has 1 heterocycles. The minimum absolute atomic E-state index is 0.0947. The quantitative estimate of drug-likeness (QED) is 0.790. The summed E-state index contributed by atoms with van der Waals surface area (Å²) in [5, 5.41) is 6.39. The Hall–Kier alpha value is -1.55. The Labute approximate surface area is 127 Å². The molecule has 0 fully saturated rings. The maximum absolute atomic E-state index is 12.2. The molecule has 0 spiro atoms. The van der Waals surface area contributed by atoms with Crippen molar-refractivity contribution in [2.75, 3.05) is 25.5 Å². The van der Waals surface area contributed by atoms with E-state index in [0.717, 1.165) is 38.0 Å². The minimum atomic E-state index is -0.0947. The monoisotopic (exact) mass is 289 g/mol. The van der Waals surface area contributed by atoms with Gasteiger partial charge >= 0.3 is 0 Å². The molecule has 4 nitrogen and oxygen atoms in total. The third-order valence-electron chi connectivity index (χ3n) is 4.23. The van der Waals surface area contributed by atoms with Crippen molar-refractivity contribution < 1.29 is 4.79 Å². The van der Waals surface area contributed by atoms with Gasteiger partial charge in [0, 0.05) is 18.3 Å². The molecule has 1 aliphatic rings. The zero-order valence-electron chi connectivity index (χ0n) is 13.4. The second-order valence-electron chi connectivity index (χ2n) is 6.11. The van der Waals surface area contributed by atoms with Crippen molar-refractivity contribution in [1.82, 2.24) is 10.2 Å². The first kappa shape index (κ1) is 15.8. The van der Waals surface area contributed by atoms with Gasteiger partial charge in [-0.15, -0.1) is 0 Å². The van der Waals surface area contributed by atoms with Crippen LogP contribution in [-0.2, 0) is 11.2 Å². The highest BCUT2D eigenvalue weighted by atomic mass is 16.2. The van der Waals surface area contributed by atoms with Gasteiger partial charge in [-0.2, -0.15) is 0 Å². The van der Waals surface area contributed by atoms with Crippen LogP contribution < -0.4 is 10.6 Å².